The highest BCUT2D eigenvalue weighted by atomic mass is 16.4. The van der Waals surface area contributed by atoms with E-state index in [2.05, 4.69) is 10.3 Å². The fourth-order valence-corrected chi connectivity index (χ4v) is 2.49. The summed E-state index contributed by atoms with van der Waals surface area (Å²) in [6.07, 6.45) is 2.66. The number of aromatic carboxylic acids is 1. The summed E-state index contributed by atoms with van der Waals surface area (Å²) >= 11 is 0. The fraction of sp³-hybridized carbons (Fsp3) is 0.308. The van der Waals surface area contributed by atoms with E-state index in [1.165, 1.54) is 12.1 Å². The SMILES string of the molecule is N#Cc1nc(C2CCNC2)n2ccc(C(=O)O)cc12. The molecule has 3 rings (SSSR count). The Balaban J connectivity index is 2.20. The van der Waals surface area contributed by atoms with Gasteiger partial charge in [-0.1, -0.05) is 0 Å². The van der Waals surface area contributed by atoms with Crippen LogP contribution >= 0.6 is 0 Å². The molecule has 3 heterocycles. The molecule has 0 spiro atoms. The molecule has 96 valence electrons. The third-order valence-corrected chi connectivity index (χ3v) is 3.45. The summed E-state index contributed by atoms with van der Waals surface area (Å²) in [7, 11) is 0. The van der Waals surface area contributed by atoms with Crippen LogP contribution in [-0.4, -0.2) is 33.6 Å². The molecule has 2 aromatic rings. The van der Waals surface area contributed by atoms with E-state index in [0.29, 0.717) is 5.52 Å². The van der Waals surface area contributed by atoms with Crippen molar-refractivity contribution in [3.05, 3.63) is 35.4 Å². The van der Waals surface area contributed by atoms with Crippen LogP contribution in [0, 0.1) is 11.3 Å². The van der Waals surface area contributed by atoms with Gasteiger partial charge in [-0.3, -0.25) is 0 Å². The maximum atomic E-state index is 11.0. The fourth-order valence-electron chi connectivity index (χ4n) is 2.49. The van der Waals surface area contributed by atoms with Crippen LogP contribution < -0.4 is 5.32 Å². The van der Waals surface area contributed by atoms with Crippen LogP contribution in [0.1, 0.15) is 34.2 Å². The van der Waals surface area contributed by atoms with Gasteiger partial charge >= 0.3 is 5.97 Å². The topological polar surface area (TPSA) is 90.4 Å². The standard InChI is InChI=1S/C13H12N4O2/c14-6-10-11-5-8(13(18)19)2-4-17(11)12(16-10)9-1-3-15-7-9/h2,4-5,9,15H,1,3,7H2,(H,18,19). The smallest absolute Gasteiger partial charge is 0.335 e. The van der Waals surface area contributed by atoms with Crippen LogP contribution in [0.3, 0.4) is 0 Å². The molecule has 6 nitrogen and oxygen atoms in total. The van der Waals surface area contributed by atoms with Crippen molar-refractivity contribution in [3.8, 4) is 6.07 Å². The van der Waals surface area contributed by atoms with Crippen molar-refractivity contribution >= 4 is 11.5 Å². The van der Waals surface area contributed by atoms with Gasteiger partial charge in [0.1, 0.15) is 11.9 Å². The van der Waals surface area contributed by atoms with Crippen LogP contribution in [0.4, 0.5) is 0 Å². The lowest BCUT2D eigenvalue weighted by atomic mass is 10.1. The van der Waals surface area contributed by atoms with E-state index in [1.54, 1.807) is 6.20 Å². The first-order chi connectivity index (χ1) is 9.20. The van der Waals surface area contributed by atoms with Gasteiger partial charge in [0, 0.05) is 18.7 Å². The first-order valence-electron chi connectivity index (χ1n) is 6.07. The van der Waals surface area contributed by atoms with Crippen molar-refractivity contribution in [3.63, 3.8) is 0 Å². The molecule has 2 aromatic heterocycles. The molecule has 1 unspecified atom stereocenters. The summed E-state index contributed by atoms with van der Waals surface area (Å²) in [5.41, 5.74) is 1.01. The van der Waals surface area contributed by atoms with E-state index in [4.69, 9.17) is 10.4 Å². The van der Waals surface area contributed by atoms with Crippen LogP contribution in [-0.2, 0) is 0 Å². The van der Waals surface area contributed by atoms with Crippen LogP contribution in [0.15, 0.2) is 18.3 Å². The molecule has 6 heteroatoms. The quantitative estimate of drug-likeness (QED) is 0.835. The van der Waals surface area contributed by atoms with Gasteiger partial charge < -0.3 is 14.8 Å². The summed E-state index contributed by atoms with van der Waals surface area (Å²) in [6.45, 7) is 1.78. The lowest BCUT2D eigenvalue weighted by molar-refractivity contribution is 0.0697. The van der Waals surface area contributed by atoms with Crippen LogP contribution in [0.25, 0.3) is 5.52 Å². The number of pyridine rings is 1. The van der Waals surface area contributed by atoms with Crippen molar-refractivity contribution in [1.82, 2.24) is 14.7 Å². The Morgan fingerprint density at radius 3 is 3.11 bits per heavy atom. The molecular weight excluding hydrogens is 244 g/mol. The van der Waals surface area contributed by atoms with Gasteiger partial charge in [-0.25, -0.2) is 9.78 Å². The van der Waals surface area contributed by atoms with E-state index in [-0.39, 0.29) is 17.2 Å². The number of rotatable bonds is 2. The number of nitriles is 1. The van der Waals surface area contributed by atoms with Crippen molar-refractivity contribution in [1.29, 1.82) is 5.26 Å². The molecular formula is C13H12N4O2. The molecule has 0 saturated carbocycles. The molecule has 1 saturated heterocycles. The number of nitrogens with zero attached hydrogens (tertiary/aromatic N) is 3. The molecule has 0 amide bonds. The number of hydrogen-bond acceptors (Lipinski definition) is 4. The molecule has 0 radical (unpaired) electrons. The molecule has 0 bridgehead atoms. The maximum absolute atomic E-state index is 11.0. The van der Waals surface area contributed by atoms with Gasteiger partial charge in [0.25, 0.3) is 0 Å². The highest BCUT2D eigenvalue weighted by Crippen LogP contribution is 2.24. The lowest BCUT2D eigenvalue weighted by Crippen LogP contribution is -2.10. The van der Waals surface area contributed by atoms with Gasteiger partial charge in [-0.2, -0.15) is 5.26 Å². The Morgan fingerprint density at radius 1 is 1.63 bits per heavy atom. The average Bonchev–Trinajstić information content (AvgIpc) is 3.04. The molecule has 19 heavy (non-hydrogen) atoms. The van der Waals surface area contributed by atoms with Crippen molar-refractivity contribution in [2.75, 3.05) is 13.1 Å². The minimum absolute atomic E-state index is 0.167. The number of carbonyl (C=O) groups is 1. The highest BCUT2D eigenvalue weighted by Gasteiger charge is 2.23. The van der Waals surface area contributed by atoms with Crippen LogP contribution in [0.2, 0.25) is 0 Å². The van der Waals surface area contributed by atoms with E-state index < -0.39 is 5.97 Å². The van der Waals surface area contributed by atoms with E-state index in [0.717, 1.165) is 25.3 Å². The van der Waals surface area contributed by atoms with Gasteiger partial charge in [0.05, 0.1) is 11.1 Å². The minimum atomic E-state index is -1.00. The zero-order chi connectivity index (χ0) is 13.4. The number of imidazole rings is 1. The zero-order valence-corrected chi connectivity index (χ0v) is 10.1. The Hall–Kier alpha value is -2.39. The Bertz CT molecular complexity index is 692. The van der Waals surface area contributed by atoms with Crippen molar-refractivity contribution in [2.45, 2.75) is 12.3 Å². The molecule has 1 fully saturated rings. The number of hydrogen-bond donors (Lipinski definition) is 2. The highest BCUT2D eigenvalue weighted by molar-refractivity contribution is 5.89. The van der Waals surface area contributed by atoms with Crippen molar-refractivity contribution in [2.24, 2.45) is 0 Å². The summed E-state index contributed by atoms with van der Waals surface area (Å²) < 4.78 is 1.82. The number of fused-ring (bicyclic) bond motifs is 1. The summed E-state index contributed by atoms with van der Waals surface area (Å²) in [4.78, 5) is 15.3. The summed E-state index contributed by atoms with van der Waals surface area (Å²) in [5.74, 6) is 0.0930. The van der Waals surface area contributed by atoms with Crippen LogP contribution in [0.5, 0.6) is 0 Å². The average molecular weight is 256 g/mol. The first kappa shape index (κ1) is 11.7. The molecule has 1 aliphatic rings. The molecule has 0 aliphatic carbocycles. The second-order valence-electron chi connectivity index (χ2n) is 4.60. The van der Waals surface area contributed by atoms with Crippen molar-refractivity contribution < 1.29 is 9.90 Å². The third kappa shape index (κ3) is 1.84. The van der Waals surface area contributed by atoms with Gasteiger partial charge in [-0.15, -0.1) is 0 Å². The number of aromatic nitrogens is 2. The molecule has 0 aromatic carbocycles. The Labute approximate surface area is 109 Å². The van der Waals surface area contributed by atoms with Gasteiger partial charge in [0.15, 0.2) is 5.69 Å². The summed E-state index contributed by atoms with van der Waals surface area (Å²) in [6, 6.07) is 5.07. The normalized spacial score (nSPS) is 18.6. The second kappa shape index (κ2) is 4.37. The molecule has 1 aliphatic heterocycles. The van der Waals surface area contributed by atoms with E-state index in [1.807, 2.05) is 10.5 Å². The zero-order valence-electron chi connectivity index (χ0n) is 10.1. The predicted octanol–water partition coefficient (Wildman–Crippen LogP) is 0.981. The maximum Gasteiger partial charge on any atom is 0.335 e. The van der Waals surface area contributed by atoms with E-state index in [9.17, 15) is 4.79 Å². The Morgan fingerprint density at radius 2 is 2.47 bits per heavy atom. The number of carboxylic acids is 1. The molecule has 1 atom stereocenters. The largest absolute Gasteiger partial charge is 0.478 e. The predicted molar refractivity (Wildman–Crippen MR) is 67.1 cm³/mol. The number of carboxylic acid groups (broad SMARTS) is 1. The lowest BCUT2D eigenvalue weighted by Gasteiger charge is -2.07. The number of nitrogens with one attached hydrogen (secondary N) is 1. The summed E-state index contributed by atoms with van der Waals surface area (Å²) in [5, 5.41) is 21.4. The first-order valence-corrected chi connectivity index (χ1v) is 6.07. The van der Waals surface area contributed by atoms with E-state index >= 15 is 0 Å². The second-order valence-corrected chi connectivity index (χ2v) is 4.60. The van der Waals surface area contributed by atoms with Gasteiger partial charge in [-0.05, 0) is 25.1 Å². The minimum Gasteiger partial charge on any atom is -0.478 e. The van der Waals surface area contributed by atoms with Gasteiger partial charge in [0.2, 0.25) is 0 Å². The Kier molecular flexibility index (Phi) is 2.69. The monoisotopic (exact) mass is 256 g/mol. The molecule has 2 N–H and O–H groups in total. The third-order valence-electron chi connectivity index (χ3n) is 3.45.